The fourth-order valence-electron chi connectivity index (χ4n) is 3.39. The van der Waals surface area contributed by atoms with E-state index in [4.69, 9.17) is 5.73 Å². The zero-order valence-electron chi connectivity index (χ0n) is 8.91. The Hall–Kier alpha value is -0.530. The van der Waals surface area contributed by atoms with Crippen molar-refractivity contribution in [3.63, 3.8) is 0 Å². The van der Waals surface area contributed by atoms with Gasteiger partial charge in [-0.25, -0.2) is 0 Å². The van der Waals surface area contributed by atoms with E-state index < -0.39 is 0 Å². The van der Waals surface area contributed by atoms with E-state index in [0.29, 0.717) is 5.41 Å². The van der Waals surface area contributed by atoms with Crippen LogP contribution in [0.3, 0.4) is 0 Å². The van der Waals surface area contributed by atoms with Crippen LogP contribution in [0.2, 0.25) is 0 Å². The van der Waals surface area contributed by atoms with Gasteiger partial charge in [-0.2, -0.15) is 0 Å². The van der Waals surface area contributed by atoms with Crippen LogP contribution in [-0.4, -0.2) is 6.54 Å². The highest BCUT2D eigenvalue weighted by Gasteiger charge is 2.46. The number of benzene rings is 1. The summed E-state index contributed by atoms with van der Waals surface area (Å²) in [6.07, 6.45) is 5.33. The molecule has 0 bridgehead atoms. The highest BCUT2D eigenvalue weighted by Crippen LogP contribution is 2.53. The smallest absolute Gasteiger partial charge is 0.00484 e. The SMILES string of the molecule is Cl.NCC1CC2(Cc3ccccc3C2)C1. The van der Waals surface area contributed by atoms with Crippen LogP contribution in [0, 0.1) is 11.3 Å². The van der Waals surface area contributed by atoms with Crippen LogP contribution in [0.5, 0.6) is 0 Å². The van der Waals surface area contributed by atoms with Crippen LogP contribution < -0.4 is 5.73 Å². The lowest BCUT2D eigenvalue weighted by atomic mass is 9.60. The Bertz CT molecular complexity index is 328. The van der Waals surface area contributed by atoms with Gasteiger partial charge in [0, 0.05) is 0 Å². The Morgan fingerprint density at radius 2 is 1.67 bits per heavy atom. The molecule has 0 aromatic heterocycles. The maximum Gasteiger partial charge on any atom is -0.00484 e. The number of halogens is 1. The first-order valence-electron chi connectivity index (χ1n) is 5.58. The van der Waals surface area contributed by atoms with Crippen molar-refractivity contribution in [1.29, 1.82) is 0 Å². The summed E-state index contributed by atoms with van der Waals surface area (Å²) in [5.41, 5.74) is 9.48. The van der Waals surface area contributed by atoms with Gasteiger partial charge < -0.3 is 5.73 Å². The third-order valence-electron chi connectivity index (χ3n) is 4.03. The quantitative estimate of drug-likeness (QED) is 0.778. The predicted molar refractivity (Wildman–Crippen MR) is 65.3 cm³/mol. The van der Waals surface area contributed by atoms with E-state index in [1.165, 1.54) is 25.7 Å². The van der Waals surface area contributed by atoms with Crippen molar-refractivity contribution in [1.82, 2.24) is 0 Å². The van der Waals surface area contributed by atoms with Crippen molar-refractivity contribution in [2.45, 2.75) is 25.7 Å². The molecule has 3 rings (SSSR count). The molecule has 0 amide bonds. The van der Waals surface area contributed by atoms with Crippen LogP contribution in [-0.2, 0) is 12.8 Å². The molecule has 2 aliphatic carbocycles. The third-order valence-corrected chi connectivity index (χ3v) is 4.03. The molecule has 0 atom stereocenters. The van der Waals surface area contributed by atoms with E-state index in [9.17, 15) is 0 Å². The highest BCUT2D eigenvalue weighted by atomic mass is 35.5. The minimum absolute atomic E-state index is 0. The van der Waals surface area contributed by atoms with E-state index in [0.717, 1.165) is 12.5 Å². The molecule has 1 nitrogen and oxygen atoms in total. The fourth-order valence-corrected chi connectivity index (χ4v) is 3.39. The summed E-state index contributed by atoms with van der Waals surface area (Å²) in [5, 5.41) is 0. The molecule has 0 saturated heterocycles. The van der Waals surface area contributed by atoms with E-state index in [2.05, 4.69) is 24.3 Å². The molecule has 0 unspecified atom stereocenters. The minimum atomic E-state index is 0. The Balaban J connectivity index is 0.000000853. The van der Waals surface area contributed by atoms with E-state index >= 15 is 0 Å². The molecule has 2 aliphatic rings. The number of fused-ring (bicyclic) bond motifs is 1. The van der Waals surface area contributed by atoms with Crippen molar-refractivity contribution >= 4 is 12.4 Å². The maximum atomic E-state index is 5.69. The predicted octanol–water partition coefficient (Wildman–Crippen LogP) is 2.56. The summed E-state index contributed by atoms with van der Waals surface area (Å²) in [6, 6.07) is 8.91. The van der Waals surface area contributed by atoms with Gasteiger partial charge in [0.15, 0.2) is 0 Å². The molecule has 1 saturated carbocycles. The molecule has 1 aromatic rings. The summed E-state index contributed by atoms with van der Waals surface area (Å²) < 4.78 is 0. The molecule has 0 heterocycles. The van der Waals surface area contributed by atoms with Gasteiger partial charge in [0.25, 0.3) is 0 Å². The first-order valence-corrected chi connectivity index (χ1v) is 5.58. The molecule has 15 heavy (non-hydrogen) atoms. The van der Waals surface area contributed by atoms with Gasteiger partial charge in [0.1, 0.15) is 0 Å². The van der Waals surface area contributed by atoms with Gasteiger partial charge in [0.05, 0.1) is 0 Å². The summed E-state index contributed by atoms with van der Waals surface area (Å²) in [4.78, 5) is 0. The monoisotopic (exact) mass is 223 g/mol. The van der Waals surface area contributed by atoms with Crippen molar-refractivity contribution < 1.29 is 0 Å². The van der Waals surface area contributed by atoms with Crippen molar-refractivity contribution in [3.05, 3.63) is 35.4 Å². The van der Waals surface area contributed by atoms with Gasteiger partial charge in [-0.05, 0) is 54.7 Å². The zero-order chi connectivity index (χ0) is 9.60. The maximum absolute atomic E-state index is 5.69. The topological polar surface area (TPSA) is 26.0 Å². The van der Waals surface area contributed by atoms with E-state index in [1.54, 1.807) is 11.1 Å². The van der Waals surface area contributed by atoms with Crippen LogP contribution in [0.15, 0.2) is 24.3 Å². The number of rotatable bonds is 1. The summed E-state index contributed by atoms with van der Waals surface area (Å²) in [6.45, 7) is 0.887. The van der Waals surface area contributed by atoms with Gasteiger partial charge in [-0.15, -0.1) is 12.4 Å². The van der Waals surface area contributed by atoms with Crippen molar-refractivity contribution in [2.75, 3.05) is 6.54 Å². The fraction of sp³-hybridized carbons (Fsp3) is 0.538. The lowest BCUT2D eigenvalue weighted by molar-refractivity contribution is 0.0717. The van der Waals surface area contributed by atoms with E-state index in [1.807, 2.05) is 0 Å². The Morgan fingerprint density at radius 1 is 1.13 bits per heavy atom. The third kappa shape index (κ3) is 1.68. The average molecular weight is 224 g/mol. The van der Waals surface area contributed by atoms with Crippen molar-refractivity contribution in [3.8, 4) is 0 Å². The highest BCUT2D eigenvalue weighted by molar-refractivity contribution is 5.85. The molecule has 82 valence electrons. The molecule has 0 radical (unpaired) electrons. The molecule has 0 aliphatic heterocycles. The average Bonchev–Trinajstić information content (AvgIpc) is 2.53. The Kier molecular flexibility index (Phi) is 2.78. The van der Waals surface area contributed by atoms with E-state index in [-0.39, 0.29) is 12.4 Å². The minimum Gasteiger partial charge on any atom is -0.330 e. The Labute approximate surface area is 97.5 Å². The first kappa shape index (κ1) is 11.0. The number of hydrogen-bond donors (Lipinski definition) is 1. The van der Waals surface area contributed by atoms with Crippen LogP contribution in [0.4, 0.5) is 0 Å². The largest absolute Gasteiger partial charge is 0.330 e. The summed E-state index contributed by atoms with van der Waals surface area (Å²) in [7, 11) is 0. The van der Waals surface area contributed by atoms with Gasteiger partial charge in [-0.1, -0.05) is 24.3 Å². The Morgan fingerprint density at radius 3 is 2.13 bits per heavy atom. The molecule has 2 N–H and O–H groups in total. The van der Waals surface area contributed by atoms with Crippen LogP contribution >= 0.6 is 12.4 Å². The molecule has 2 heteroatoms. The normalized spacial score (nSPS) is 21.9. The lowest BCUT2D eigenvalue weighted by Crippen LogP contribution is -2.41. The van der Waals surface area contributed by atoms with Gasteiger partial charge in [0.2, 0.25) is 0 Å². The molecular formula is C13H18ClN. The van der Waals surface area contributed by atoms with Crippen molar-refractivity contribution in [2.24, 2.45) is 17.1 Å². The second kappa shape index (κ2) is 3.80. The van der Waals surface area contributed by atoms with Crippen LogP contribution in [0.1, 0.15) is 24.0 Å². The molecule has 1 spiro atoms. The molecule has 1 fully saturated rings. The number of nitrogens with two attached hydrogens (primary N) is 1. The van der Waals surface area contributed by atoms with Crippen LogP contribution in [0.25, 0.3) is 0 Å². The van der Waals surface area contributed by atoms with Gasteiger partial charge in [-0.3, -0.25) is 0 Å². The summed E-state index contributed by atoms with van der Waals surface area (Å²) >= 11 is 0. The molecular weight excluding hydrogens is 206 g/mol. The second-order valence-electron chi connectivity index (χ2n) is 5.13. The first-order chi connectivity index (χ1) is 6.81. The lowest BCUT2D eigenvalue weighted by Gasteiger charge is -2.45. The summed E-state index contributed by atoms with van der Waals surface area (Å²) in [5.74, 6) is 0.810. The second-order valence-corrected chi connectivity index (χ2v) is 5.13. The van der Waals surface area contributed by atoms with Gasteiger partial charge >= 0.3 is 0 Å². The molecule has 1 aromatic carbocycles. The zero-order valence-corrected chi connectivity index (χ0v) is 9.72. The standard InChI is InChI=1S/C13H17N.ClH/c14-9-10-5-13(6-10)7-11-3-1-2-4-12(11)8-13;/h1-4,10H,5-9,14H2;1H. The number of hydrogen-bond acceptors (Lipinski definition) is 1.